The minimum absolute atomic E-state index is 0.00507. The normalized spacial score (nSPS) is 21.1. The molecule has 3 N–H and O–H groups in total. The lowest BCUT2D eigenvalue weighted by molar-refractivity contribution is 0.184. The quantitative estimate of drug-likeness (QED) is 0.747. The van der Waals surface area contributed by atoms with Crippen molar-refractivity contribution in [2.75, 3.05) is 5.32 Å². The van der Waals surface area contributed by atoms with E-state index in [4.69, 9.17) is 16.7 Å². The van der Waals surface area contributed by atoms with Gasteiger partial charge >= 0.3 is 6.09 Å². The van der Waals surface area contributed by atoms with Gasteiger partial charge in [0.15, 0.2) is 0 Å². The Morgan fingerprint density at radius 2 is 2.00 bits per heavy atom. The second kappa shape index (κ2) is 6.58. The molecule has 1 aliphatic carbocycles. The van der Waals surface area contributed by atoms with E-state index in [1.165, 1.54) is 0 Å². The summed E-state index contributed by atoms with van der Waals surface area (Å²) in [6.07, 6.45) is 2.79. The highest BCUT2D eigenvalue weighted by atomic mass is 35.5. The molecule has 1 saturated carbocycles. The minimum Gasteiger partial charge on any atom is -0.465 e. The number of carboxylic acid groups (broad SMARTS) is 1. The zero-order chi connectivity index (χ0) is 16.4. The molecular weight excluding hydrogens is 316 g/mol. The van der Waals surface area contributed by atoms with Crippen molar-refractivity contribution in [1.82, 2.24) is 15.3 Å². The first kappa shape index (κ1) is 15.8. The van der Waals surface area contributed by atoms with Gasteiger partial charge in [0, 0.05) is 11.4 Å². The van der Waals surface area contributed by atoms with Gasteiger partial charge in [-0.3, -0.25) is 0 Å². The van der Waals surface area contributed by atoms with Crippen LogP contribution in [0.5, 0.6) is 0 Å². The number of hydrogen-bond acceptors (Lipinski definition) is 4. The van der Waals surface area contributed by atoms with Crippen LogP contribution < -0.4 is 10.6 Å². The molecule has 0 saturated heterocycles. The summed E-state index contributed by atoms with van der Waals surface area (Å²) in [7, 11) is 0. The molecule has 1 heterocycles. The highest BCUT2D eigenvalue weighted by Crippen LogP contribution is 2.27. The van der Waals surface area contributed by atoms with Crippen LogP contribution in [0.4, 0.5) is 10.6 Å². The third-order valence-corrected chi connectivity index (χ3v) is 4.39. The van der Waals surface area contributed by atoms with Gasteiger partial charge in [0.05, 0.1) is 11.6 Å². The third kappa shape index (κ3) is 3.64. The summed E-state index contributed by atoms with van der Waals surface area (Å²) < 4.78 is 0. The molecule has 0 radical (unpaired) electrons. The second-order valence-electron chi connectivity index (χ2n) is 5.95. The van der Waals surface area contributed by atoms with Crippen LogP contribution in [0.15, 0.2) is 18.2 Å². The topological polar surface area (TPSA) is 87.1 Å². The molecule has 0 aliphatic heterocycles. The smallest absolute Gasteiger partial charge is 0.404 e. The van der Waals surface area contributed by atoms with Gasteiger partial charge < -0.3 is 15.7 Å². The van der Waals surface area contributed by atoms with Crippen molar-refractivity contribution in [3.63, 3.8) is 0 Å². The lowest BCUT2D eigenvalue weighted by Crippen LogP contribution is -2.48. The number of halogens is 1. The van der Waals surface area contributed by atoms with E-state index in [-0.39, 0.29) is 17.4 Å². The van der Waals surface area contributed by atoms with Crippen LogP contribution in [0.25, 0.3) is 10.9 Å². The van der Waals surface area contributed by atoms with Crippen molar-refractivity contribution in [2.24, 2.45) is 0 Å². The van der Waals surface area contributed by atoms with E-state index in [1.807, 2.05) is 25.1 Å². The number of rotatable bonds is 3. The average Bonchev–Trinajstić information content (AvgIpc) is 2.49. The molecule has 3 rings (SSSR count). The van der Waals surface area contributed by atoms with E-state index in [2.05, 4.69) is 20.6 Å². The van der Waals surface area contributed by atoms with Crippen molar-refractivity contribution >= 4 is 34.4 Å². The molecule has 23 heavy (non-hydrogen) atoms. The molecule has 0 bridgehead atoms. The average molecular weight is 335 g/mol. The van der Waals surface area contributed by atoms with Crippen molar-refractivity contribution in [1.29, 1.82) is 0 Å². The van der Waals surface area contributed by atoms with Gasteiger partial charge in [-0.15, -0.1) is 0 Å². The molecule has 1 aromatic carbocycles. The van der Waals surface area contributed by atoms with E-state index in [0.29, 0.717) is 5.82 Å². The fourth-order valence-electron chi connectivity index (χ4n) is 3.13. The molecule has 0 spiro atoms. The van der Waals surface area contributed by atoms with E-state index < -0.39 is 6.09 Å². The molecule has 2 atom stereocenters. The summed E-state index contributed by atoms with van der Waals surface area (Å²) >= 11 is 6.03. The second-order valence-corrected chi connectivity index (χ2v) is 6.29. The number of carbonyl (C=O) groups is 1. The van der Waals surface area contributed by atoms with Gasteiger partial charge in [-0.2, -0.15) is 0 Å². The van der Waals surface area contributed by atoms with Crippen molar-refractivity contribution < 1.29 is 9.90 Å². The zero-order valence-electron chi connectivity index (χ0n) is 12.8. The van der Waals surface area contributed by atoms with E-state index in [1.54, 1.807) is 0 Å². The fraction of sp³-hybridized carbons (Fsp3) is 0.438. The molecule has 1 fully saturated rings. The summed E-state index contributed by atoms with van der Waals surface area (Å²) in [6, 6.07) is 5.77. The lowest BCUT2D eigenvalue weighted by Gasteiger charge is -2.32. The SMILES string of the molecule is Cc1ccc2nc(Cl)nc(NC3CCCCC3NC(=O)O)c2c1. The number of fused-ring (bicyclic) bond motifs is 1. The molecule has 2 unspecified atom stereocenters. The van der Waals surface area contributed by atoms with Crippen LogP contribution >= 0.6 is 11.6 Å². The molecule has 1 aromatic heterocycles. The van der Waals surface area contributed by atoms with Crippen molar-refractivity contribution in [3.8, 4) is 0 Å². The first-order valence-electron chi connectivity index (χ1n) is 7.73. The number of nitrogens with one attached hydrogen (secondary N) is 2. The third-order valence-electron chi connectivity index (χ3n) is 4.22. The number of hydrogen-bond donors (Lipinski definition) is 3. The number of benzene rings is 1. The van der Waals surface area contributed by atoms with Crippen LogP contribution in [0.2, 0.25) is 5.28 Å². The van der Waals surface area contributed by atoms with Gasteiger partial charge in [0.1, 0.15) is 5.82 Å². The molecule has 1 amide bonds. The molecular formula is C16H19ClN4O2. The van der Waals surface area contributed by atoms with E-state index in [0.717, 1.165) is 42.1 Å². The van der Waals surface area contributed by atoms with Gasteiger partial charge in [0.25, 0.3) is 0 Å². The Labute approximate surface area is 139 Å². The zero-order valence-corrected chi connectivity index (χ0v) is 13.6. The summed E-state index contributed by atoms with van der Waals surface area (Å²) in [5.41, 5.74) is 1.88. The number of aryl methyl sites for hydroxylation is 1. The maximum absolute atomic E-state index is 11.0. The summed E-state index contributed by atoms with van der Waals surface area (Å²) in [6.45, 7) is 2.01. The van der Waals surface area contributed by atoms with Crippen LogP contribution in [0.3, 0.4) is 0 Å². The maximum Gasteiger partial charge on any atom is 0.404 e. The van der Waals surface area contributed by atoms with Crippen molar-refractivity contribution in [3.05, 3.63) is 29.0 Å². The Kier molecular flexibility index (Phi) is 4.52. The Morgan fingerprint density at radius 1 is 1.26 bits per heavy atom. The van der Waals surface area contributed by atoms with Gasteiger partial charge in [-0.1, -0.05) is 24.5 Å². The fourth-order valence-corrected chi connectivity index (χ4v) is 3.31. The summed E-state index contributed by atoms with van der Waals surface area (Å²) in [4.78, 5) is 19.6. The monoisotopic (exact) mass is 334 g/mol. The highest BCUT2D eigenvalue weighted by Gasteiger charge is 2.27. The Balaban J connectivity index is 1.93. The van der Waals surface area contributed by atoms with Crippen LogP contribution in [0, 0.1) is 6.92 Å². The highest BCUT2D eigenvalue weighted by molar-refractivity contribution is 6.28. The summed E-state index contributed by atoms with van der Waals surface area (Å²) in [5, 5.41) is 16.1. The lowest BCUT2D eigenvalue weighted by atomic mass is 9.90. The predicted molar refractivity (Wildman–Crippen MR) is 90.1 cm³/mol. The molecule has 1 aliphatic rings. The number of anilines is 1. The van der Waals surface area contributed by atoms with Crippen LogP contribution in [-0.2, 0) is 0 Å². The molecule has 7 heteroatoms. The van der Waals surface area contributed by atoms with Crippen LogP contribution in [-0.4, -0.2) is 33.3 Å². The number of amides is 1. The molecule has 2 aromatic rings. The number of aromatic nitrogens is 2. The number of nitrogens with zero attached hydrogens (tertiary/aromatic N) is 2. The standard InChI is InChI=1S/C16H19ClN4O2/c1-9-6-7-11-10(8-9)14(21-15(17)19-11)18-12-4-2-3-5-13(12)20-16(22)23/h6-8,12-13,20H,2-5H2,1H3,(H,22,23)(H,18,19,21). The van der Waals surface area contributed by atoms with Gasteiger partial charge in [-0.05, 0) is 43.5 Å². The van der Waals surface area contributed by atoms with Crippen LogP contribution in [0.1, 0.15) is 31.2 Å². The largest absolute Gasteiger partial charge is 0.465 e. The Hall–Kier alpha value is -2.08. The maximum atomic E-state index is 11.0. The van der Waals surface area contributed by atoms with Gasteiger partial charge in [0.2, 0.25) is 5.28 Å². The molecule has 122 valence electrons. The Bertz CT molecular complexity index is 737. The van der Waals surface area contributed by atoms with E-state index >= 15 is 0 Å². The van der Waals surface area contributed by atoms with Crippen molar-refractivity contribution in [2.45, 2.75) is 44.7 Å². The molecule has 6 nitrogen and oxygen atoms in total. The van der Waals surface area contributed by atoms with Gasteiger partial charge in [-0.25, -0.2) is 14.8 Å². The first-order chi connectivity index (χ1) is 11.0. The first-order valence-corrected chi connectivity index (χ1v) is 8.10. The minimum atomic E-state index is -0.995. The Morgan fingerprint density at radius 3 is 2.74 bits per heavy atom. The summed E-state index contributed by atoms with van der Waals surface area (Å²) in [5.74, 6) is 0.660. The van der Waals surface area contributed by atoms with E-state index in [9.17, 15) is 4.79 Å². The predicted octanol–water partition coefficient (Wildman–Crippen LogP) is 3.58.